The van der Waals surface area contributed by atoms with Crippen molar-refractivity contribution in [3.05, 3.63) is 0 Å². The second kappa shape index (κ2) is 7.72. The lowest BCUT2D eigenvalue weighted by Crippen LogP contribution is -2.62. The largest absolute Gasteiger partial charge is 0.414 e. The van der Waals surface area contributed by atoms with Gasteiger partial charge in [-0.2, -0.15) is 0 Å². The van der Waals surface area contributed by atoms with Crippen LogP contribution in [-0.4, -0.2) is 59.2 Å². The normalized spacial score (nSPS) is 34.4. The first-order valence-corrected chi connectivity index (χ1v) is 12.1. The van der Waals surface area contributed by atoms with Gasteiger partial charge in [0.2, 0.25) is 0 Å². The summed E-state index contributed by atoms with van der Waals surface area (Å²) in [5.41, 5.74) is -0.275. The number of aliphatic hydroxyl groups is 1. The molecule has 0 aromatic carbocycles. The topological polar surface area (TPSA) is 60.0 Å². The molecule has 142 valence electrons. The number of rotatable bonds is 7. The van der Waals surface area contributed by atoms with Crippen molar-refractivity contribution in [1.82, 2.24) is 5.32 Å². The highest BCUT2D eigenvalue weighted by Crippen LogP contribution is 2.46. The Morgan fingerprint density at radius 3 is 2.54 bits per heavy atom. The lowest BCUT2D eigenvalue weighted by molar-refractivity contribution is -0.133. The molecule has 0 unspecified atom stereocenters. The quantitative estimate of drug-likeness (QED) is 0.416. The smallest absolute Gasteiger partial charge is 0.192 e. The van der Waals surface area contributed by atoms with Gasteiger partial charge in [0, 0.05) is 31.2 Å². The summed E-state index contributed by atoms with van der Waals surface area (Å²) in [6.45, 7) is 13.2. The zero-order valence-corrected chi connectivity index (χ0v) is 17.4. The molecule has 2 N–H and O–H groups in total. The molecule has 1 aliphatic heterocycles. The second-order valence-corrected chi connectivity index (χ2v) is 13.9. The Hall–Kier alpha value is 0.0169. The van der Waals surface area contributed by atoms with E-state index in [0.29, 0.717) is 18.6 Å². The van der Waals surface area contributed by atoms with E-state index in [1.165, 1.54) is 0 Å². The fraction of sp³-hybridized carbons (Fsp3) is 1.00. The third-order valence-corrected chi connectivity index (χ3v) is 11.0. The van der Waals surface area contributed by atoms with Gasteiger partial charge in [0.05, 0.1) is 13.2 Å². The van der Waals surface area contributed by atoms with E-state index in [1.54, 1.807) is 7.11 Å². The molecule has 2 bridgehead atoms. The molecule has 0 amide bonds. The highest BCUT2D eigenvalue weighted by molar-refractivity contribution is 6.74. The number of aliphatic hydroxyl groups excluding tert-OH is 1. The molecule has 0 spiro atoms. The minimum absolute atomic E-state index is 0.123. The first kappa shape index (κ1) is 20.3. The van der Waals surface area contributed by atoms with Gasteiger partial charge in [0.1, 0.15) is 6.79 Å². The third kappa shape index (κ3) is 4.22. The number of methoxy groups -OCH3 is 1. The van der Waals surface area contributed by atoms with Gasteiger partial charge in [0.25, 0.3) is 0 Å². The number of piperidine rings is 1. The van der Waals surface area contributed by atoms with Gasteiger partial charge in [-0.1, -0.05) is 20.8 Å². The minimum Gasteiger partial charge on any atom is -0.414 e. The highest BCUT2D eigenvalue weighted by atomic mass is 28.4. The Labute approximate surface area is 148 Å². The monoisotopic (exact) mass is 359 g/mol. The molecule has 2 fully saturated rings. The maximum Gasteiger partial charge on any atom is 0.192 e. The summed E-state index contributed by atoms with van der Waals surface area (Å²) in [6.07, 6.45) is 3.52. The molecular weight excluding hydrogens is 322 g/mol. The van der Waals surface area contributed by atoms with Crippen LogP contribution in [0.2, 0.25) is 18.1 Å². The van der Waals surface area contributed by atoms with Crippen LogP contribution in [0.3, 0.4) is 0 Å². The standard InChI is InChI=1S/C18H37NO4Si/c1-17(2,3)24(5,6)23-16-8-7-14-9-15(16)18(11-20,10-19-14)12-22-13-21-4/h14-16,19-20H,7-13H2,1-6H3/t14-,15-,16+,18-/m1/s1. The molecule has 1 aliphatic carbocycles. The van der Waals surface area contributed by atoms with Gasteiger partial charge in [-0.25, -0.2) is 0 Å². The van der Waals surface area contributed by atoms with E-state index in [0.717, 1.165) is 25.8 Å². The van der Waals surface area contributed by atoms with Crippen LogP contribution in [0.15, 0.2) is 0 Å². The van der Waals surface area contributed by atoms with Crippen LogP contribution in [0.5, 0.6) is 0 Å². The molecule has 0 radical (unpaired) electrons. The Morgan fingerprint density at radius 2 is 1.96 bits per heavy atom. The zero-order valence-electron chi connectivity index (χ0n) is 16.4. The predicted molar refractivity (Wildman–Crippen MR) is 98.5 cm³/mol. The van der Waals surface area contributed by atoms with Gasteiger partial charge in [0.15, 0.2) is 8.32 Å². The van der Waals surface area contributed by atoms with Crippen molar-refractivity contribution in [2.45, 2.75) is 70.3 Å². The zero-order chi connectivity index (χ0) is 18.0. The molecule has 1 saturated heterocycles. The van der Waals surface area contributed by atoms with E-state index in [2.05, 4.69) is 39.2 Å². The van der Waals surface area contributed by atoms with Crippen LogP contribution in [0, 0.1) is 11.3 Å². The number of ether oxygens (including phenoxy) is 2. The van der Waals surface area contributed by atoms with Crippen molar-refractivity contribution in [2.24, 2.45) is 11.3 Å². The summed E-state index contributed by atoms with van der Waals surface area (Å²) >= 11 is 0. The van der Waals surface area contributed by atoms with Crippen LogP contribution >= 0.6 is 0 Å². The minimum atomic E-state index is -1.83. The average molecular weight is 360 g/mol. The van der Waals surface area contributed by atoms with E-state index in [1.807, 2.05) is 0 Å². The average Bonchev–Trinajstić information content (AvgIpc) is 2.51. The highest BCUT2D eigenvalue weighted by Gasteiger charge is 2.52. The van der Waals surface area contributed by atoms with Crippen molar-refractivity contribution in [2.75, 3.05) is 33.7 Å². The van der Waals surface area contributed by atoms with E-state index in [4.69, 9.17) is 13.9 Å². The molecule has 0 aromatic rings. The van der Waals surface area contributed by atoms with Crippen molar-refractivity contribution >= 4 is 8.32 Å². The van der Waals surface area contributed by atoms with E-state index >= 15 is 0 Å². The summed E-state index contributed by atoms with van der Waals surface area (Å²) in [5, 5.41) is 14.0. The van der Waals surface area contributed by atoms with Gasteiger partial charge in [-0.05, 0) is 43.3 Å². The van der Waals surface area contributed by atoms with Crippen molar-refractivity contribution in [3.8, 4) is 0 Å². The summed E-state index contributed by atoms with van der Waals surface area (Å²) < 4.78 is 17.5. The predicted octanol–water partition coefficient (Wildman–Crippen LogP) is 2.75. The van der Waals surface area contributed by atoms with Crippen molar-refractivity contribution in [1.29, 1.82) is 0 Å². The van der Waals surface area contributed by atoms with Crippen molar-refractivity contribution < 1.29 is 19.0 Å². The molecule has 0 aromatic heterocycles. The number of fused-ring (bicyclic) bond motifs is 2. The van der Waals surface area contributed by atoms with E-state index in [9.17, 15) is 5.11 Å². The number of hydrogen-bond donors (Lipinski definition) is 2. The lowest BCUT2D eigenvalue weighted by atomic mass is 9.64. The molecule has 2 rings (SSSR count). The second-order valence-electron chi connectivity index (χ2n) is 9.19. The maximum atomic E-state index is 10.2. The van der Waals surface area contributed by atoms with E-state index in [-0.39, 0.29) is 30.0 Å². The van der Waals surface area contributed by atoms with Gasteiger partial charge < -0.3 is 24.3 Å². The van der Waals surface area contributed by atoms with Crippen LogP contribution in [0.4, 0.5) is 0 Å². The Kier molecular flexibility index (Phi) is 6.54. The Balaban J connectivity index is 2.16. The number of hydrogen-bond acceptors (Lipinski definition) is 5. The first-order chi connectivity index (χ1) is 11.1. The molecule has 4 atom stereocenters. The van der Waals surface area contributed by atoms with Crippen molar-refractivity contribution in [3.63, 3.8) is 0 Å². The summed E-state index contributed by atoms with van der Waals surface area (Å²) in [7, 11) is -0.200. The SMILES string of the molecule is COCOC[C@]1(CO)CN[C@@H]2CC[C@H](O[Si](C)(C)C(C)(C)C)[C@H]1C2. The molecule has 6 heteroatoms. The summed E-state index contributed by atoms with van der Waals surface area (Å²) in [4.78, 5) is 0. The Morgan fingerprint density at radius 1 is 1.25 bits per heavy atom. The Bertz CT molecular complexity index is 412. The molecule has 1 saturated carbocycles. The molecule has 2 aliphatic rings. The fourth-order valence-corrected chi connectivity index (χ4v) is 5.25. The number of nitrogens with one attached hydrogen (secondary N) is 1. The molecule has 1 heterocycles. The molecule has 5 nitrogen and oxygen atoms in total. The van der Waals surface area contributed by atoms with Gasteiger partial charge in [-0.15, -0.1) is 0 Å². The fourth-order valence-electron chi connectivity index (χ4n) is 3.85. The third-order valence-electron chi connectivity index (χ3n) is 6.47. The van der Waals surface area contributed by atoms with Gasteiger partial charge in [-0.3, -0.25) is 0 Å². The van der Waals surface area contributed by atoms with Gasteiger partial charge >= 0.3 is 0 Å². The lowest BCUT2D eigenvalue weighted by Gasteiger charge is -2.54. The van der Waals surface area contributed by atoms with E-state index < -0.39 is 8.32 Å². The van der Waals surface area contributed by atoms with Crippen LogP contribution in [0.25, 0.3) is 0 Å². The summed E-state index contributed by atoms with van der Waals surface area (Å²) in [5.74, 6) is 0.341. The van der Waals surface area contributed by atoms with Crippen LogP contribution in [0.1, 0.15) is 40.0 Å². The molecular formula is C18H37NO4Si. The molecule has 24 heavy (non-hydrogen) atoms. The maximum absolute atomic E-state index is 10.2. The summed E-state index contributed by atoms with van der Waals surface area (Å²) in [6, 6.07) is 0.552. The van der Waals surface area contributed by atoms with Crippen LogP contribution in [-0.2, 0) is 13.9 Å². The first-order valence-electron chi connectivity index (χ1n) is 9.24. The van der Waals surface area contributed by atoms with Crippen LogP contribution < -0.4 is 5.32 Å².